The van der Waals surface area contributed by atoms with Crippen LogP contribution in [0.3, 0.4) is 0 Å². The Balaban J connectivity index is 1.73. The van der Waals surface area contributed by atoms with E-state index in [1.165, 1.54) is 36.4 Å². The SMILES string of the molecule is COC(=O)Cn1c(=NC(=O)c2cccc(NS(=O)(=O)c3ccccc3)c2)sc2cc(F)cc(F)c21. The molecule has 0 aliphatic carbocycles. The number of esters is 1. The van der Waals surface area contributed by atoms with Crippen LogP contribution >= 0.6 is 11.3 Å². The average molecular weight is 518 g/mol. The smallest absolute Gasteiger partial charge is 0.325 e. The highest BCUT2D eigenvalue weighted by Gasteiger charge is 2.18. The first kappa shape index (κ1) is 24.2. The van der Waals surface area contributed by atoms with Gasteiger partial charge in [0.1, 0.15) is 12.4 Å². The lowest BCUT2D eigenvalue weighted by atomic mass is 10.2. The number of hydrogen-bond acceptors (Lipinski definition) is 6. The summed E-state index contributed by atoms with van der Waals surface area (Å²) in [6.45, 7) is -0.456. The molecule has 0 atom stereocenters. The molecule has 1 N–H and O–H groups in total. The maximum Gasteiger partial charge on any atom is 0.325 e. The maximum atomic E-state index is 14.5. The van der Waals surface area contributed by atoms with Crippen LogP contribution in [-0.2, 0) is 26.1 Å². The first-order valence-corrected chi connectivity index (χ1v) is 12.3. The zero-order valence-corrected chi connectivity index (χ0v) is 19.7. The Kier molecular flexibility index (Phi) is 6.76. The number of hydrogen-bond donors (Lipinski definition) is 1. The van der Waals surface area contributed by atoms with Gasteiger partial charge in [-0.3, -0.25) is 14.3 Å². The molecule has 0 fully saturated rings. The van der Waals surface area contributed by atoms with Crippen molar-refractivity contribution in [1.29, 1.82) is 0 Å². The fourth-order valence-electron chi connectivity index (χ4n) is 3.24. The van der Waals surface area contributed by atoms with E-state index in [-0.39, 0.29) is 31.2 Å². The molecule has 4 rings (SSSR count). The third-order valence-corrected chi connectivity index (χ3v) is 7.25. The van der Waals surface area contributed by atoms with Crippen LogP contribution in [0.5, 0.6) is 0 Å². The van der Waals surface area contributed by atoms with Gasteiger partial charge in [-0.2, -0.15) is 4.99 Å². The fourth-order valence-corrected chi connectivity index (χ4v) is 5.37. The lowest BCUT2D eigenvalue weighted by Crippen LogP contribution is -2.23. The molecule has 0 unspecified atom stereocenters. The molecule has 0 radical (unpaired) electrons. The van der Waals surface area contributed by atoms with Gasteiger partial charge in [-0.05, 0) is 36.4 Å². The number of methoxy groups -OCH3 is 1. The van der Waals surface area contributed by atoms with Gasteiger partial charge in [0.2, 0.25) is 0 Å². The van der Waals surface area contributed by atoms with Gasteiger partial charge in [-0.25, -0.2) is 17.2 Å². The van der Waals surface area contributed by atoms with Crippen molar-refractivity contribution in [2.45, 2.75) is 11.4 Å². The van der Waals surface area contributed by atoms with E-state index < -0.39 is 40.1 Å². The molecule has 8 nitrogen and oxygen atoms in total. The van der Waals surface area contributed by atoms with E-state index in [1.54, 1.807) is 18.2 Å². The Morgan fingerprint density at radius 2 is 1.80 bits per heavy atom. The van der Waals surface area contributed by atoms with E-state index in [9.17, 15) is 26.8 Å². The molecular formula is C23H17F2N3O5S2. The summed E-state index contributed by atoms with van der Waals surface area (Å²) in [7, 11) is -2.74. The minimum Gasteiger partial charge on any atom is -0.468 e. The molecule has 35 heavy (non-hydrogen) atoms. The second kappa shape index (κ2) is 9.76. The molecule has 1 amide bonds. The van der Waals surface area contributed by atoms with Crippen molar-refractivity contribution in [2.24, 2.45) is 4.99 Å². The first-order chi connectivity index (χ1) is 16.7. The Morgan fingerprint density at radius 3 is 2.51 bits per heavy atom. The fraction of sp³-hybridized carbons (Fsp3) is 0.0870. The predicted octanol–water partition coefficient (Wildman–Crippen LogP) is 3.70. The molecule has 1 aromatic heterocycles. The average Bonchev–Trinajstić information content (AvgIpc) is 3.15. The lowest BCUT2D eigenvalue weighted by molar-refractivity contribution is -0.141. The molecule has 12 heteroatoms. The van der Waals surface area contributed by atoms with Gasteiger partial charge in [-0.1, -0.05) is 35.6 Å². The van der Waals surface area contributed by atoms with Crippen molar-refractivity contribution in [3.05, 3.63) is 88.7 Å². The second-order valence-corrected chi connectivity index (χ2v) is 9.89. The van der Waals surface area contributed by atoms with Crippen LogP contribution in [0.15, 0.2) is 76.6 Å². The van der Waals surface area contributed by atoms with Gasteiger partial charge in [0.15, 0.2) is 10.6 Å². The first-order valence-electron chi connectivity index (χ1n) is 10.00. The summed E-state index contributed by atoms with van der Waals surface area (Å²) in [4.78, 5) is 28.8. The highest BCUT2D eigenvalue weighted by Crippen LogP contribution is 2.23. The number of ether oxygens (including phenoxy) is 1. The molecule has 4 aromatic rings. The monoisotopic (exact) mass is 517 g/mol. The van der Waals surface area contributed by atoms with Gasteiger partial charge in [0.25, 0.3) is 15.9 Å². The molecule has 0 saturated carbocycles. The number of amides is 1. The van der Waals surface area contributed by atoms with Crippen molar-refractivity contribution in [1.82, 2.24) is 4.57 Å². The number of nitrogens with one attached hydrogen (secondary N) is 1. The Morgan fingerprint density at radius 1 is 1.06 bits per heavy atom. The van der Waals surface area contributed by atoms with Gasteiger partial charge in [0.05, 0.1) is 22.2 Å². The summed E-state index contributed by atoms with van der Waals surface area (Å²) < 4.78 is 61.7. The van der Waals surface area contributed by atoms with E-state index in [4.69, 9.17) is 0 Å². The highest BCUT2D eigenvalue weighted by molar-refractivity contribution is 7.92. The quantitative estimate of drug-likeness (QED) is 0.393. The number of halogens is 2. The molecule has 3 aromatic carbocycles. The van der Waals surface area contributed by atoms with Crippen LogP contribution < -0.4 is 9.52 Å². The minimum atomic E-state index is -3.89. The molecule has 0 bridgehead atoms. The molecule has 0 aliphatic heterocycles. The van der Waals surface area contributed by atoms with Crippen molar-refractivity contribution in [3.8, 4) is 0 Å². The van der Waals surface area contributed by atoms with Crippen LogP contribution in [0, 0.1) is 11.6 Å². The number of sulfonamides is 1. The maximum absolute atomic E-state index is 14.5. The molecule has 180 valence electrons. The highest BCUT2D eigenvalue weighted by atomic mass is 32.2. The summed E-state index contributed by atoms with van der Waals surface area (Å²) in [5, 5.41) is 0. The number of carbonyl (C=O) groups excluding carboxylic acids is 2. The number of thiazole rings is 1. The van der Waals surface area contributed by atoms with E-state index >= 15 is 0 Å². The zero-order chi connectivity index (χ0) is 25.2. The van der Waals surface area contributed by atoms with Gasteiger partial charge < -0.3 is 9.30 Å². The van der Waals surface area contributed by atoms with Crippen LogP contribution in [0.4, 0.5) is 14.5 Å². The van der Waals surface area contributed by atoms with E-state index in [1.807, 2.05) is 0 Å². The van der Waals surface area contributed by atoms with E-state index in [0.29, 0.717) is 6.07 Å². The van der Waals surface area contributed by atoms with Gasteiger partial charge in [-0.15, -0.1) is 0 Å². The van der Waals surface area contributed by atoms with Crippen LogP contribution in [0.25, 0.3) is 10.2 Å². The van der Waals surface area contributed by atoms with Crippen LogP contribution in [0.1, 0.15) is 10.4 Å². The molecule has 1 heterocycles. The summed E-state index contributed by atoms with van der Waals surface area (Å²) in [5.74, 6) is -3.25. The molecule has 0 saturated heterocycles. The van der Waals surface area contributed by atoms with Crippen LogP contribution in [0.2, 0.25) is 0 Å². The number of benzene rings is 3. The normalized spacial score (nSPS) is 12.0. The third kappa shape index (κ3) is 5.28. The molecule has 0 aliphatic rings. The van der Waals surface area contributed by atoms with Gasteiger partial charge in [0, 0.05) is 17.3 Å². The number of rotatable bonds is 6. The summed E-state index contributed by atoms with van der Waals surface area (Å²) in [6, 6.07) is 15.1. The number of carbonyl (C=O) groups is 2. The topological polar surface area (TPSA) is 107 Å². The lowest BCUT2D eigenvalue weighted by Gasteiger charge is -2.08. The number of aromatic nitrogens is 1. The van der Waals surface area contributed by atoms with Gasteiger partial charge >= 0.3 is 5.97 Å². The Hall–Kier alpha value is -3.90. The van der Waals surface area contributed by atoms with Crippen molar-refractivity contribution < 1.29 is 31.5 Å². The summed E-state index contributed by atoms with van der Waals surface area (Å²) in [6.07, 6.45) is 0. The summed E-state index contributed by atoms with van der Waals surface area (Å²) >= 11 is 0.815. The van der Waals surface area contributed by atoms with Crippen molar-refractivity contribution in [3.63, 3.8) is 0 Å². The third-order valence-electron chi connectivity index (χ3n) is 4.82. The standard InChI is InChI=1S/C23H17F2N3O5S2/c1-33-20(29)13-28-21-18(25)11-15(24)12-19(21)34-23(28)26-22(30)14-6-5-7-16(10-14)27-35(31,32)17-8-3-2-4-9-17/h2-12,27H,13H2,1H3. The predicted molar refractivity (Wildman–Crippen MR) is 125 cm³/mol. The number of nitrogens with zero attached hydrogens (tertiary/aromatic N) is 2. The van der Waals surface area contributed by atoms with Crippen molar-refractivity contribution >= 4 is 49.1 Å². The summed E-state index contributed by atoms with van der Waals surface area (Å²) in [5.41, 5.74) is 0.0616. The van der Waals surface area contributed by atoms with Crippen LogP contribution in [-0.4, -0.2) is 32.0 Å². The van der Waals surface area contributed by atoms with E-state index in [2.05, 4.69) is 14.5 Å². The number of fused-ring (bicyclic) bond motifs is 1. The largest absolute Gasteiger partial charge is 0.468 e. The Labute approximate surface area is 202 Å². The second-order valence-electron chi connectivity index (χ2n) is 7.20. The zero-order valence-electron chi connectivity index (χ0n) is 18.1. The Bertz CT molecular complexity index is 1610. The molecule has 0 spiro atoms. The minimum absolute atomic E-state index is 0.0342. The van der Waals surface area contributed by atoms with Crippen molar-refractivity contribution in [2.75, 3.05) is 11.8 Å². The molecular weight excluding hydrogens is 500 g/mol. The van der Waals surface area contributed by atoms with E-state index in [0.717, 1.165) is 29.1 Å². The number of anilines is 1.